The highest BCUT2D eigenvalue weighted by molar-refractivity contribution is 5.80. The largest absolute Gasteiger partial charge is 0.497 e. The van der Waals surface area contributed by atoms with Gasteiger partial charge in [-0.05, 0) is 31.0 Å². The van der Waals surface area contributed by atoms with Crippen LogP contribution in [0.15, 0.2) is 28.8 Å². The van der Waals surface area contributed by atoms with Crippen LogP contribution >= 0.6 is 0 Å². The number of amides is 2. The molecule has 2 heterocycles. The van der Waals surface area contributed by atoms with E-state index < -0.39 is 0 Å². The lowest BCUT2D eigenvalue weighted by molar-refractivity contribution is -0.142. The predicted octanol–water partition coefficient (Wildman–Crippen LogP) is 2.39. The lowest BCUT2D eigenvalue weighted by Gasteiger charge is -2.40. The molecule has 2 aromatic rings. The first-order valence-corrected chi connectivity index (χ1v) is 9.91. The topological polar surface area (TPSA) is 88.8 Å². The first kappa shape index (κ1) is 20.8. The fourth-order valence-corrected chi connectivity index (χ4v) is 3.47. The third kappa shape index (κ3) is 5.13. The van der Waals surface area contributed by atoms with Crippen LogP contribution in [0.2, 0.25) is 0 Å². The zero-order valence-electron chi connectivity index (χ0n) is 17.4. The highest BCUT2D eigenvalue weighted by Gasteiger charge is 2.30. The second-order valence-electron chi connectivity index (χ2n) is 7.80. The van der Waals surface area contributed by atoms with Gasteiger partial charge in [0.2, 0.25) is 11.8 Å². The smallest absolute Gasteiger partial charge is 0.258 e. The molecule has 0 bridgehead atoms. The van der Waals surface area contributed by atoms with Crippen LogP contribution < -0.4 is 4.74 Å². The Hall–Kier alpha value is -2.90. The fourth-order valence-electron chi connectivity index (χ4n) is 3.47. The van der Waals surface area contributed by atoms with Gasteiger partial charge in [0.1, 0.15) is 5.75 Å². The summed E-state index contributed by atoms with van der Waals surface area (Å²) < 4.78 is 10.5. The summed E-state index contributed by atoms with van der Waals surface area (Å²) in [6, 6.07) is 7.31. The summed E-state index contributed by atoms with van der Waals surface area (Å²) in [5.74, 6) is 1.80. The first-order chi connectivity index (χ1) is 13.9. The van der Waals surface area contributed by atoms with E-state index in [1.165, 1.54) is 0 Å². The van der Waals surface area contributed by atoms with Gasteiger partial charge >= 0.3 is 0 Å². The van der Waals surface area contributed by atoms with E-state index in [0.29, 0.717) is 49.4 Å². The number of aromatic nitrogens is 2. The molecule has 1 atom stereocenters. The van der Waals surface area contributed by atoms with Crippen molar-refractivity contribution in [3.05, 3.63) is 30.1 Å². The maximum absolute atomic E-state index is 12.7. The molecular weight excluding hydrogens is 372 g/mol. The number of carbonyl (C=O) groups is 2. The number of hydrogen-bond donors (Lipinski definition) is 0. The molecule has 1 fully saturated rings. The highest BCUT2D eigenvalue weighted by atomic mass is 16.5. The van der Waals surface area contributed by atoms with Crippen LogP contribution in [0.3, 0.4) is 0 Å². The third-order valence-corrected chi connectivity index (χ3v) is 4.98. The van der Waals surface area contributed by atoms with E-state index >= 15 is 0 Å². The highest BCUT2D eigenvalue weighted by Crippen LogP contribution is 2.22. The molecule has 8 nitrogen and oxygen atoms in total. The zero-order valence-corrected chi connectivity index (χ0v) is 17.4. The number of carbonyl (C=O) groups excluding carboxylic acids is 2. The van der Waals surface area contributed by atoms with Crippen LogP contribution in [0, 0.1) is 5.92 Å². The molecule has 0 saturated carbocycles. The Balaban J connectivity index is 1.59. The molecular formula is C21H28N4O4. The van der Waals surface area contributed by atoms with Gasteiger partial charge in [0.15, 0.2) is 5.82 Å². The van der Waals surface area contributed by atoms with E-state index in [2.05, 4.69) is 10.1 Å². The quantitative estimate of drug-likeness (QED) is 0.740. The predicted molar refractivity (Wildman–Crippen MR) is 107 cm³/mol. The van der Waals surface area contributed by atoms with Crippen molar-refractivity contribution < 1.29 is 18.8 Å². The van der Waals surface area contributed by atoms with Gasteiger partial charge in [-0.3, -0.25) is 9.59 Å². The molecule has 1 saturated heterocycles. The summed E-state index contributed by atoms with van der Waals surface area (Å²) in [5.41, 5.74) is 0.737. The Labute approximate surface area is 170 Å². The number of ether oxygens (including phenoxy) is 1. The Bertz CT molecular complexity index is 864. The van der Waals surface area contributed by atoms with Crippen molar-refractivity contribution in [1.82, 2.24) is 19.9 Å². The van der Waals surface area contributed by atoms with Crippen molar-refractivity contribution >= 4 is 11.8 Å². The van der Waals surface area contributed by atoms with Crippen molar-refractivity contribution in [2.75, 3.05) is 26.7 Å². The molecule has 29 heavy (non-hydrogen) atoms. The van der Waals surface area contributed by atoms with Crippen LogP contribution in [0.25, 0.3) is 11.5 Å². The molecule has 1 aliphatic rings. The molecule has 0 spiro atoms. The van der Waals surface area contributed by atoms with E-state index in [4.69, 9.17) is 9.26 Å². The Kier molecular flexibility index (Phi) is 6.51. The molecule has 3 rings (SSSR count). The first-order valence-electron chi connectivity index (χ1n) is 9.91. The van der Waals surface area contributed by atoms with Crippen LogP contribution in [0.4, 0.5) is 0 Å². The fraction of sp³-hybridized carbons (Fsp3) is 0.524. The van der Waals surface area contributed by atoms with E-state index in [1.807, 2.05) is 43.9 Å². The van der Waals surface area contributed by atoms with Gasteiger partial charge < -0.3 is 19.1 Å². The number of methoxy groups -OCH3 is 1. The monoisotopic (exact) mass is 400 g/mol. The van der Waals surface area contributed by atoms with Crippen LogP contribution in [0.1, 0.15) is 33.0 Å². The van der Waals surface area contributed by atoms with E-state index in [1.54, 1.807) is 18.1 Å². The number of benzene rings is 1. The maximum Gasteiger partial charge on any atom is 0.258 e. The van der Waals surface area contributed by atoms with Crippen LogP contribution in [-0.4, -0.2) is 64.5 Å². The molecule has 0 radical (unpaired) electrons. The lowest BCUT2D eigenvalue weighted by Crippen LogP contribution is -2.55. The average molecular weight is 400 g/mol. The lowest BCUT2D eigenvalue weighted by atomic mass is 10.1. The second-order valence-corrected chi connectivity index (χ2v) is 7.80. The minimum Gasteiger partial charge on any atom is -0.497 e. The molecule has 1 aromatic carbocycles. The molecule has 0 N–H and O–H groups in total. The standard InChI is InChI=1S/C21H28N4O4/c1-14(2)10-20(27)25-9-8-24(13-15(25)3)19(26)12-18-22-21(29-23-18)16-6-5-7-17(11-16)28-4/h5-7,11,14-15H,8-10,12-13H2,1-4H3. The maximum atomic E-state index is 12.7. The van der Waals surface area contributed by atoms with Crippen molar-refractivity contribution in [3.8, 4) is 17.2 Å². The Morgan fingerprint density at radius 1 is 1.28 bits per heavy atom. The third-order valence-electron chi connectivity index (χ3n) is 4.98. The van der Waals surface area contributed by atoms with E-state index in [-0.39, 0.29) is 24.3 Å². The average Bonchev–Trinajstić information content (AvgIpc) is 3.15. The second kappa shape index (κ2) is 9.07. The number of nitrogens with zero attached hydrogens (tertiary/aromatic N) is 4. The summed E-state index contributed by atoms with van der Waals surface area (Å²) in [7, 11) is 1.59. The SMILES string of the molecule is COc1cccc(-c2nc(CC(=O)N3CCN(C(=O)CC(C)C)C(C)C3)no2)c1. The Morgan fingerprint density at radius 3 is 2.76 bits per heavy atom. The molecule has 8 heteroatoms. The van der Waals surface area contributed by atoms with Crippen LogP contribution in [-0.2, 0) is 16.0 Å². The van der Waals surface area contributed by atoms with Gasteiger partial charge in [-0.15, -0.1) is 0 Å². The molecule has 2 amide bonds. The van der Waals surface area contributed by atoms with Crippen molar-refractivity contribution in [3.63, 3.8) is 0 Å². The molecule has 1 aromatic heterocycles. The van der Waals surface area contributed by atoms with Crippen molar-refractivity contribution in [1.29, 1.82) is 0 Å². The van der Waals surface area contributed by atoms with Gasteiger partial charge in [0, 0.05) is 37.7 Å². The number of hydrogen-bond acceptors (Lipinski definition) is 6. The summed E-state index contributed by atoms with van der Waals surface area (Å²) in [4.78, 5) is 33.0. The summed E-state index contributed by atoms with van der Waals surface area (Å²) in [6.07, 6.45) is 0.605. The summed E-state index contributed by atoms with van der Waals surface area (Å²) >= 11 is 0. The van der Waals surface area contributed by atoms with Gasteiger partial charge in [-0.2, -0.15) is 4.98 Å². The zero-order chi connectivity index (χ0) is 21.0. The molecule has 1 aliphatic heterocycles. The molecule has 156 valence electrons. The minimum atomic E-state index is -0.0641. The van der Waals surface area contributed by atoms with Crippen molar-refractivity contribution in [2.45, 2.75) is 39.7 Å². The van der Waals surface area contributed by atoms with Gasteiger partial charge in [-0.25, -0.2) is 0 Å². The normalized spacial score (nSPS) is 16.9. The minimum absolute atomic E-state index is 0.00318. The van der Waals surface area contributed by atoms with Crippen molar-refractivity contribution in [2.24, 2.45) is 5.92 Å². The van der Waals surface area contributed by atoms with Gasteiger partial charge in [-0.1, -0.05) is 25.1 Å². The number of rotatable bonds is 6. The van der Waals surface area contributed by atoms with E-state index in [0.717, 1.165) is 5.56 Å². The van der Waals surface area contributed by atoms with E-state index in [9.17, 15) is 9.59 Å². The van der Waals surface area contributed by atoms with Gasteiger partial charge in [0.05, 0.1) is 13.5 Å². The number of piperazine rings is 1. The van der Waals surface area contributed by atoms with Gasteiger partial charge in [0.25, 0.3) is 5.89 Å². The van der Waals surface area contributed by atoms with Crippen LogP contribution in [0.5, 0.6) is 5.75 Å². The summed E-state index contributed by atoms with van der Waals surface area (Å²) in [5, 5.41) is 3.94. The summed E-state index contributed by atoms with van der Waals surface area (Å²) in [6.45, 7) is 7.64. The molecule has 0 aliphatic carbocycles. The Morgan fingerprint density at radius 2 is 2.07 bits per heavy atom. The molecule has 1 unspecified atom stereocenters.